The molecule has 0 unspecified atom stereocenters. The van der Waals surface area contributed by atoms with Crippen LogP contribution in [0.2, 0.25) is 0 Å². The van der Waals surface area contributed by atoms with Gasteiger partial charge in [-0.1, -0.05) is 29.8 Å². The van der Waals surface area contributed by atoms with Crippen LogP contribution in [-0.4, -0.2) is 38.7 Å². The summed E-state index contributed by atoms with van der Waals surface area (Å²) in [6.07, 6.45) is 2.80. The van der Waals surface area contributed by atoms with Gasteiger partial charge >= 0.3 is 0 Å². The molecule has 6 nitrogen and oxygen atoms in total. The first-order chi connectivity index (χ1) is 15.4. The second-order valence-electron chi connectivity index (χ2n) is 8.86. The van der Waals surface area contributed by atoms with Crippen molar-refractivity contribution >= 4 is 5.91 Å². The van der Waals surface area contributed by atoms with Crippen molar-refractivity contribution in [2.45, 2.75) is 52.5 Å². The van der Waals surface area contributed by atoms with Crippen molar-refractivity contribution in [1.82, 2.24) is 19.7 Å². The van der Waals surface area contributed by atoms with Gasteiger partial charge in [0.2, 0.25) is 5.91 Å². The number of pyridine rings is 1. The van der Waals surface area contributed by atoms with E-state index in [0.29, 0.717) is 13.1 Å². The highest BCUT2D eigenvalue weighted by molar-refractivity contribution is 5.76. The van der Waals surface area contributed by atoms with Crippen LogP contribution in [-0.2, 0) is 17.8 Å². The minimum absolute atomic E-state index is 0.0207. The topological polar surface area (TPSA) is 68.1 Å². The molecule has 2 aromatic heterocycles. The van der Waals surface area contributed by atoms with Crippen molar-refractivity contribution in [2.75, 3.05) is 13.1 Å². The number of likely N-dealkylation sites (tertiary alicyclic amines) is 1. The molecule has 3 heterocycles. The Morgan fingerprint density at radius 3 is 2.69 bits per heavy atom. The number of rotatable bonds is 5. The van der Waals surface area contributed by atoms with Crippen LogP contribution in [0.5, 0.6) is 0 Å². The maximum atomic E-state index is 12.9. The number of hydrogen-bond donors (Lipinski definition) is 0. The summed E-state index contributed by atoms with van der Waals surface area (Å²) in [5.41, 5.74) is 6.32. The maximum Gasteiger partial charge on any atom is 0.267 e. The van der Waals surface area contributed by atoms with Gasteiger partial charge in [-0.05, 0) is 69.4 Å². The molecule has 0 N–H and O–H groups in total. The van der Waals surface area contributed by atoms with Crippen LogP contribution in [0.25, 0.3) is 0 Å². The average molecular weight is 431 g/mol. The number of aryl methyl sites for hydroxylation is 3. The van der Waals surface area contributed by atoms with Crippen molar-refractivity contribution in [1.29, 1.82) is 0 Å². The molecule has 1 aliphatic rings. The number of carbonyl (C=O) groups is 1. The van der Waals surface area contributed by atoms with E-state index in [2.05, 4.69) is 48.4 Å². The van der Waals surface area contributed by atoms with Crippen LogP contribution in [0.1, 0.15) is 52.5 Å². The molecule has 0 spiro atoms. The predicted molar refractivity (Wildman–Crippen MR) is 125 cm³/mol. The van der Waals surface area contributed by atoms with Crippen LogP contribution in [0.4, 0.5) is 0 Å². The number of hydrogen-bond acceptors (Lipinski definition) is 4. The fourth-order valence-corrected chi connectivity index (χ4v) is 4.47. The number of benzene rings is 1. The predicted octanol–water partition coefficient (Wildman–Crippen LogP) is 3.56. The van der Waals surface area contributed by atoms with Crippen molar-refractivity contribution in [3.63, 3.8) is 0 Å². The van der Waals surface area contributed by atoms with Gasteiger partial charge in [-0.25, -0.2) is 4.68 Å². The van der Waals surface area contributed by atoms with Crippen molar-refractivity contribution in [3.05, 3.63) is 92.7 Å². The van der Waals surface area contributed by atoms with Gasteiger partial charge < -0.3 is 4.90 Å². The fourth-order valence-electron chi connectivity index (χ4n) is 4.47. The zero-order valence-corrected chi connectivity index (χ0v) is 19.0. The molecule has 3 aromatic rings. The number of carbonyl (C=O) groups excluding carboxylic acids is 1. The van der Waals surface area contributed by atoms with Gasteiger partial charge in [-0.2, -0.15) is 5.10 Å². The van der Waals surface area contributed by atoms with E-state index in [1.54, 1.807) is 6.07 Å². The Labute approximate surface area is 188 Å². The third kappa shape index (κ3) is 5.31. The van der Waals surface area contributed by atoms with Crippen molar-refractivity contribution in [2.24, 2.45) is 0 Å². The molecule has 1 fully saturated rings. The van der Waals surface area contributed by atoms with E-state index < -0.39 is 0 Å². The van der Waals surface area contributed by atoms with Gasteiger partial charge in [-0.3, -0.25) is 14.6 Å². The monoisotopic (exact) mass is 430 g/mol. The van der Waals surface area contributed by atoms with Gasteiger partial charge in [0, 0.05) is 36.5 Å². The zero-order chi connectivity index (χ0) is 22.7. The summed E-state index contributed by atoms with van der Waals surface area (Å²) in [6, 6.07) is 16.1. The summed E-state index contributed by atoms with van der Waals surface area (Å²) >= 11 is 0. The Bertz CT molecular complexity index is 1180. The lowest BCUT2D eigenvalue weighted by atomic mass is 9.92. The fraction of sp³-hybridized carbons (Fsp3) is 0.385. The van der Waals surface area contributed by atoms with Crippen LogP contribution in [0, 0.1) is 20.8 Å². The lowest BCUT2D eigenvalue weighted by Crippen LogP contribution is -2.42. The van der Waals surface area contributed by atoms with E-state index in [1.807, 2.05) is 18.7 Å². The first kappa shape index (κ1) is 21.9. The largest absolute Gasteiger partial charge is 0.340 e. The molecule has 1 saturated heterocycles. The first-order valence-electron chi connectivity index (χ1n) is 11.2. The molecule has 4 rings (SSSR count). The minimum Gasteiger partial charge on any atom is -0.340 e. The summed E-state index contributed by atoms with van der Waals surface area (Å²) in [4.78, 5) is 31.6. The normalized spacial score (nSPS) is 16.2. The smallest absolute Gasteiger partial charge is 0.267 e. The molecular weight excluding hydrogens is 400 g/mol. The standard InChI is InChI=1S/C26H30N4O2/c1-18-6-4-7-21(12-18)14-22-13-20(3)27-24(15-22)23-8-5-11-29(16-23)26(32)17-30-25(31)10-9-19(2)28-30/h4,6-7,9-10,12-13,15,23H,5,8,11,14,16-17H2,1-3H3/t23-/m0/s1. The number of amides is 1. The van der Waals surface area contributed by atoms with E-state index in [-0.39, 0.29) is 23.9 Å². The van der Waals surface area contributed by atoms with Crippen LogP contribution < -0.4 is 5.56 Å². The third-order valence-electron chi connectivity index (χ3n) is 6.00. The van der Waals surface area contributed by atoms with Gasteiger partial charge in [0.15, 0.2) is 0 Å². The lowest BCUT2D eigenvalue weighted by Gasteiger charge is -2.33. The van der Waals surface area contributed by atoms with Crippen molar-refractivity contribution in [3.8, 4) is 0 Å². The van der Waals surface area contributed by atoms with E-state index in [9.17, 15) is 9.59 Å². The number of piperidine rings is 1. The second-order valence-corrected chi connectivity index (χ2v) is 8.86. The molecule has 1 aromatic carbocycles. The highest BCUT2D eigenvalue weighted by Crippen LogP contribution is 2.27. The molecular formula is C26H30N4O2. The quantitative estimate of drug-likeness (QED) is 0.621. The number of nitrogens with zero attached hydrogens (tertiary/aromatic N) is 4. The van der Waals surface area contributed by atoms with Crippen molar-refractivity contribution < 1.29 is 4.79 Å². The van der Waals surface area contributed by atoms with Crippen LogP contribution in [0.15, 0.2) is 53.3 Å². The summed E-state index contributed by atoms with van der Waals surface area (Å²) in [5.74, 6) is 0.133. The zero-order valence-electron chi connectivity index (χ0n) is 19.0. The summed E-state index contributed by atoms with van der Waals surface area (Å²) in [5, 5.41) is 4.20. The lowest BCUT2D eigenvalue weighted by molar-refractivity contribution is -0.133. The van der Waals surface area contributed by atoms with E-state index >= 15 is 0 Å². The molecule has 166 valence electrons. The Morgan fingerprint density at radius 1 is 1.03 bits per heavy atom. The highest BCUT2D eigenvalue weighted by atomic mass is 16.2. The molecule has 0 radical (unpaired) electrons. The van der Waals surface area contributed by atoms with E-state index in [4.69, 9.17) is 4.98 Å². The van der Waals surface area contributed by atoms with Gasteiger partial charge in [0.1, 0.15) is 6.54 Å². The van der Waals surface area contributed by atoms with Crippen LogP contribution >= 0.6 is 0 Å². The summed E-state index contributed by atoms with van der Waals surface area (Å²) in [7, 11) is 0. The summed E-state index contributed by atoms with van der Waals surface area (Å²) < 4.78 is 1.26. The Morgan fingerprint density at radius 2 is 1.88 bits per heavy atom. The number of aromatic nitrogens is 3. The molecule has 1 amide bonds. The molecule has 0 aliphatic carbocycles. The summed E-state index contributed by atoms with van der Waals surface area (Å²) in [6.45, 7) is 7.27. The molecule has 0 saturated carbocycles. The molecule has 1 atom stereocenters. The van der Waals surface area contributed by atoms with Gasteiger partial charge in [0.25, 0.3) is 5.56 Å². The van der Waals surface area contributed by atoms with E-state index in [1.165, 1.54) is 27.4 Å². The van der Waals surface area contributed by atoms with Crippen LogP contribution in [0.3, 0.4) is 0 Å². The average Bonchev–Trinajstić information content (AvgIpc) is 2.76. The molecule has 1 aliphatic heterocycles. The first-order valence-corrected chi connectivity index (χ1v) is 11.2. The minimum atomic E-state index is -0.251. The van der Waals surface area contributed by atoms with E-state index in [0.717, 1.165) is 36.3 Å². The van der Waals surface area contributed by atoms with Gasteiger partial charge in [0.05, 0.1) is 5.69 Å². The molecule has 6 heteroatoms. The Balaban J connectivity index is 1.49. The highest BCUT2D eigenvalue weighted by Gasteiger charge is 2.26. The van der Waals surface area contributed by atoms with Gasteiger partial charge in [-0.15, -0.1) is 0 Å². The molecule has 32 heavy (non-hydrogen) atoms. The Kier molecular flexibility index (Phi) is 6.49. The third-order valence-corrected chi connectivity index (χ3v) is 6.00. The Hall–Kier alpha value is -3.28. The second kappa shape index (κ2) is 9.47. The molecule has 0 bridgehead atoms. The maximum absolute atomic E-state index is 12.9. The SMILES string of the molecule is Cc1cccc(Cc2cc(C)nc([C@H]3CCCN(C(=O)Cn4nc(C)ccc4=O)C3)c2)c1.